The van der Waals surface area contributed by atoms with E-state index in [9.17, 15) is 0 Å². The van der Waals surface area contributed by atoms with Gasteiger partial charge in [-0.25, -0.2) is 0 Å². The Bertz CT molecular complexity index is 146. The first-order chi connectivity index (χ1) is 6.64. The lowest BCUT2D eigenvalue weighted by Gasteiger charge is -2.31. The first-order valence-corrected chi connectivity index (χ1v) is 6.01. The van der Waals surface area contributed by atoms with Gasteiger partial charge in [0.1, 0.15) is 0 Å². The van der Waals surface area contributed by atoms with Gasteiger partial charge in [0.25, 0.3) is 0 Å². The van der Waals surface area contributed by atoms with Crippen molar-refractivity contribution in [3.05, 3.63) is 0 Å². The van der Waals surface area contributed by atoms with Crippen LogP contribution in [0.3, 0.4) is 0 Å². The highest BCUT2D eigenvalue weighted by molar-refractivity contribution is 4.76. The zero-order valence-corrected chi connectivity index (χ0v) is 10.1. The van der Waals surface area contributed by atoms with Crippen LogP contribution in [0.2, 0.25) is 0 Å². The Morgan fingerprint density at radius 2 is 1.64 bits per heavy atom. The largest absolute Gasteiger partial charge is 0.319 e. The molecule has 1 saturated heterocycles. The molecule has 1 heterocycles. The van der Waals surface area contributed by atoms with Gasteiger partial charge in [-0.05, 0) is 38.4 Å². The van der Waals surface area contributed by atoms with Gasteiger partial charge in [0.05, 0.1) is 0 Å². The molecule has 84 valence electrons. The Labute approximate surface area is 89.1 Å². The fourth-order valence-corrected chi connectivity index (χ4v) is 2.43. The van der Waals surface area contributed by atoms with Gasteiger partial charge in [-0.3, -0.25) is 0 Å². The highest BCUT2D eigenvalue weighted by atomic mass is 15.1. The Morgan fingerprint density at radius 3 is 2.14 bits per heavy atom. The van der Waals surface area contributed by atoms with Gasteiger partial charge >= 0.3 is 0 Å². The Hall–Kier alpha value is -0.0800. The maximum atomic E-state index is 3.29. The van der Waals surface area contributed by atoms with Gasteiger partial charge in [0, 0.05) is 13.1 Å². The fourth-order valence-electron chi connectivity index (χ4n) is 2.43. The lowest BCUT2D eigenvalue weighted by molar-refractivity contribution is 0.181. The quantitative estimate of drug-likeness (QED) is 0.744. The normalized spacial score (nSPS) is 20.8. The summed E-state index contributed by atoms with van der Waals surface area (Å²) in [5, 5.41) is 3.29. The number of hydrogen-bond donors (Lipinski definition) is 1. The lowest BCUT2D eigenvalue weighted by atomic mass is 9.92. The summed E-state index contributed by atoms with van der Waals surface area (Å²) in [6.07, 6.45) is 5.66. The lowest BCUT2D eigenvalue weighted by Crippen LogP contribution is -2.40. The molecule has 2 heteroatoms. The van der Waals surface area contributed by atoms with E-state index in [0.29, 0.717) is 5.41 Å². The molecule has 1 rings (SSSR count). The zero-order valence-electron chi connectivity index (χ0n) is 10.1. The molecule has 1 N–H and O–H groups in total. The van der Waals surface area contributed by atoms with Gasteiger partial charge < -0.3 is 10.2 Å². The Morgan fingerprint density at radius 1 is 1.07 bits per heavy atom. The van der Waals surface area contributed by atoms with Crippen molar-refractivity contribution in [3.63, 3.8) is 0 Å². The minimum absolute atomic E-state index is 0.416. The van der Waals surface area contributed by atoms with Crippen LogP contribution in [0.1, 0.15) is 39.5 Å². The molecule has 14 heavy (non-hydrogen) atoms. The SMILES string of the molecule is CNCC(C)(C)CN1CCCCCC1. The predicted molar refractivity (Wildman–Crippen MR) is 62.6 cm³/mol. The first kappa shape index (κ1) is 12.0. The van der Waals surface area contributed by atoms with Crippen molar-refractivity contribution < 1.29 is 0 Å². The maximum absolute atomic E-state index is 3.29. The van der Waals surface area contributed by atoms with Crippen LogP contribution in [0.5, 0.6) is 0 Å². The zero-order chi connectivity index (χ0) is 10.4. The smallest absolute Gasteiger partial charge is 0.00448 e. The average molecular weight is 198 g/mol. The van der Waals surface area contributed by atoms with E-state index in [2.05, 4.69) is 24.1 Å². The van der Waals surface area contributed by atoms with Crippen molar-refractivity contribution >= 4 is 0 Å². The maximum Gasteiger partial charge on any atom is 0.00448 e. The van der Waals surface area contributed by atoms with E-state index in [1.165, 1.54) is 45.3 Å². The molecule has 2 nitrogen and oxygen atoms in total. The summed E-state index contributed by atoms with van der Waals surface area (Å²) in [6, 6.07) is 0. The minimum atomic E-state index is 0.416. The topological polar surface area (TPSA) is 15.3 Å². The van der Waals surface area contributed by atoms with Crippen LogP contribution in [-0.2, 0) is 0 Å². The highest BCUT2D eigenvalue weighted by Gasteiger charge is 2.21. The highest BCUT2D eigenvalue weighted by Crippen LogP contribution is 2.18. The molecule has 1 aliphatic rings. The minimum Gasteiger partial charge on any atom is -0.319 e. The van der Waals surface area contributed by atoms with Crippen LogP contribution in [0.15, 0.2) is 0 Å². The van der Waals surface area contributed by atoms with E-state index >= 15 is 0 Å². The summed E-state index contributed by atoms with van der Waals surface area (Å²) in [5.41, 5.74) is 0.416. The molecule has 0 aromatic carbocycles. The molecule has 0 radical (unpaired) electrons. The summed E-state index contributed by atoms with van der Waals surface area (Å²) >= 11 is 0. The van der Waals surface area contributed by atoms with E-state index in [1.807, 2.05) is 7.05 Å². The molecule has 0 bridgehead atoms. The second kappa shape index (κ2) is 5.72. The van der Waals surface area contributed by atoms with Gasteiger partial charge in [-0.1, -0.05) is 26.7 Å². The molecule has 0 spiro atoms. The first-order valence-electron chi connectivity index (χ1n) is 6.01. The van der Waals surface area contributed by atoms with E-state index in [0.717, 1.165) is 6.54 Å². The molecule has 0 unspecified atom stereocenters. The molecule has 1 aliphatic heterocycles. The Kier molecular flexibility index (Phi) is 4.90. The third kappa shape index (κ3) is 4.43. The molecule has 0 atom stereocenters. The second-order valence-electron chi connectivity index (χ2n) is 5.38. The number of likely N-dealkylation sites (tertiary alicyclic amines) is 1. The van der Waals surface area contributed by atoms with Crippen LogP contribution in [0.4, 0.5) is 0 Å². The van der Waals surface area contributed by atoms with Gasteiger partial charge in [0.2, 0.25) is 0 Å². The van der Waals surface area contributed by atoms with E-state index in [-0.39, 0.29) is 0 Å². The van der Waals surface area contributed by atoms with Crippen LogP contribution in [0.25, 0.3) is 0 Å². The van der Waals surface area contributed by atoms with E-state index < -0.39 is 0 Å². The summed E-state index contributed by atoms with van der Waals surface area (Å²) in [4.78, 5) is 2.64. The molecular formula is C12H26N2. The molecule has 1 fully saturated rings. The summed E-state index contributed by atoms with van der Waals surface area (Å²) in [6.45, 7) is 9.69. The van der Waals surface area contributed by atoms with Crippen LogP contribution in [-0.4, -0.2) is 38.1 Å². The Balaban J connectivity index is 2.33. The van der Waals surface area contributed by atoms with E-state index in [1.54, 1.807) is 0 Å². The van der Waals surface area contributed by atoms with Crippen LogP contribution in [0, 0.1) is 5.41 Å². The number of nitrogens with zero attached hydrogens (tertiary/aromatic N) is 1. The molecule has 0 amide bonds. The monoisotopic (exact) mass is 198 g/mol. The average Bonchev–Trinajstić information content (AvgIpc) is 2.31. The van der Waals surface area contributed by atoms with Crippen molar-refractivity contribution in [1.29, 1.82) is 0 Å². The van der Waals surface area contributed by atoms with Crippen molar-refractivity contribution in [2.24, 2.45) is 5.41 Å². The van der Waals surface area contributed by atoms with Gasteiger partial charge in [-0.2, -0.15) is 0 Å². The van der Waals surface area contributed by atoms with Crippen molar-refractivity contribution in [1.82, 2.24) is 10.2 Å². The molecular weight excluding hydrogens is 172 g/mol. The van der Waals surface area contributed by atoms with Crippen LogP contribution < -0.4 is 5.32 Å². The summed E-state index contributed by atoms with van der Waals surface area (Å²) in [5.74, 6) is 0. The van der Waals surface area contributed by atoms with E-state index in [4.69, 9.17) is 0 Å². The third-order valence-corrected chi connectivity index (χ3v) is 3.01. The third-order valence-electron chi connectivity index (χ3n) is 3.01. The van der Waals surface area contributed by atoms with Gasteiger partial charge in [-0.15, -0.1) is 0 Å². The number of nitrogens with one attached hydrogen (secondary N) is 1. The summed E-state index contributed by atoms with van der Waals surface area (Å²) < 4.78 is 0. The second-order valence-corrected chi connectivity index (χ2v) is 5.38. The number of rotatable bonds is 4. The summed E-state index contributed by atoms with van der Waals surface area (Å²) in [7, 11) is 2.05. The molecule has 0 aliphatic carbocycles. The fraction of sp³-hybridized carbons (Fsp3) is 1.00. The molecule has 0 aromatic heterocycles. The van der Waals surface area contributed by atoms with Gasteiger partial charge in [0.15, 0.2) is 0 Å². The standard InChI is InChI=1S/C12H26N2/c1-12(2,10-13-3)11-14-8-6-4-5-7-9-14/h13H,4-11H2,1-3H3. The van der Waals surface area contributed by atoms with Crippen molar-refractivity contribution in [3.8, 4) is 0 Å². The molecule has 0 aromatic rings. The van der Waals surface area contributed by atoms with Crippen molar-refractivity contribution in [2.75, 3.05) is 33.2 Å². The number of hydrogen-bond acceptors (Lipinski definition) is 2. The van der Waals surface area contributed by atoms with Crippen molar-refractivity contribution in [2.45, 2.75) is 39.5 Å². The van der Waals surface area contributed by atoms with Crippen LogP contribution >= 0.6 is 0 Å². The molecule has 0 saturated carbocycles. The predicted octanol–water partition coefficient (Wildman–Crippen LogP) is 2.11.